The molecule has 6 nitrogen and oxygen atoms in total. The summed E-state index contributed by atoms with van der Waals surface area (Å²) in [4.78, 5) is 25.1. The second-order valence-corrected chi connectivity index (χ2v) is 9.87. The second-order valence-electron chi connectivity index (χ2n) is 9.46. The van der Waals surface area contributed by atoms with Gasteiger partial charge in [0.2, 0.25) is 5.69 Å². The highest BCUT2D eigenvalue weighted by Gasteiger charge is 2.22. The zero-order valence-corrected chi connectivity index (χ0v) is 20.9. The topological polar surface area (TPSA) is 65.1 Å². The first-order valence-corrected chi connectivity index (χ1v) is 11.6. The third-order valence-corrected chi connectivity index (χ3v) is 6.10. The van der Waals surface area contributed by atoms with E-state index in [0.29, 0.717) is 51.8 Å². The van der Waals surface area contributed by atoms with Gasteiger partial charge in [-0.25, -0.2) is 4.85 Å². The molecule has 2 aromatic carbocycles. The number of aliphatic imine (C=N–C) groups is 1. The van der Waals surface area contributed by atoms with E-state index in [-0.39, 0.29) is 17.6 Å². The number of carbonyl (C=O) groups is 1. The lowest BCUT2D eigenvalue weighted by molar-refractivity contribution is -0.117. The lowest BCUT2D eigenvalue weighted by Crippen LogP contribution is -2.16. The van der Waals surface area contributed by atoms with Gasteiger partial charge in [-0.15, -0.1) is 0 Å². The predicted molar refractivity (Wildman–Crippen MR) is 139 cm³/mol. The summed E-state index contributed by atoms with van der Waals surface area (Å²) in [7, 11) is 1.52. The standard InChI is InChI=1S/C28H26ClN3O3/c1-28(2,3)27-11-17(16-32-27)10-19(33)12-18-6-7-20(13-22(18)29)35-25-8-9-31-23-15-26(34-5)24(30-4)14-21(23)25/h6-9,11,13-15H,10,12,16H2,1-3,5H3. The first-order valence-electron chi connectivity index (χ1n) is 11.2. The molecule has 2 heterocycles. The van der Waals surface area contributed by atoms with Crippen molar-refractivity contribution in [3.8, 4) is 17.2 Å². The van der Waals surface area contributed by atoms with Crippen LogP contribution in [0, 0.1) is 12.0 Å². The summed E-state index contributed by atoms with van der Waals surface area (Å²) >= 11 is 6.51. The van der Waals surface area contributed by atoms with Gasteiger partial charge in [-0.05, 0) is 47.5 Å². The molecule has 0 fully saturated rings. The van der Waals surface area contributed by atoms with Gasteiger partial charge in [0.15, 0.2) is 0 Å². The third kappa shape index (κ3) is 5.52. The van der Waals surface area contributed by atoms with Gasteiger partial charge < -0.3 is 9.47 Å². The average molecular weight is 488 g/mol. The molecule has 7 heteroatoms. The van der Waals surface area contributed by atoms with Gasteiger partial charge in [0.25, 0.3) is 0 Å². The number of hydrogen-bond acceptors (Lipinski definition) is 5. The Bertz CT molecular complexity index is 1410. The van der Waals surface area contributed by atoms with Crippen LogP contribution in [0.4, 0.5) is 5.69 Å². The molecule has 0 amide bonds. The molecule has 1 aliphatic rings. The average Bonchev–Trinajstić information content (AvgIpc) is 3.29. The zero-order chi connectivity index (χ0) is 25.2. The van der Waals surface area contributed by atoms with Crippen LogP contribution in [0.2, 0.25) is 5.02 Å². The SMILES string of the molecule is [C-]#[N+]c1cc2c(Oc3ccc(CC(=O)CC4=CC(C(C)(C)C)=NC4)c(Cl)c3)ccnc2cc1OC. The molecule has 3 aromatic rings. The second kappa shape index (κ2) is 9.89. The summed E-state index contributed by atoms with van der Waals surface area (Å²) < 4.78 is 11.4. The van der Waals surface area contributed by atoms with Crippen molar-refractivity contribution in [1.29, 1.82) is 0 Å². The van der Waals surface area contributed by atoms with E-state index < -0.39 is 0 Å². The molecule has 35 heavy (non-hydrogen) atoms. The van der Waals surface area contributed by atoms with Crippen molar-refractivity contribution >= 4 is 39.7 Å². The molecule has 0 bridgehead atoms. The molecule has 0 saturated carbocycles. The summed E-state index contributed by atoms with van der Waals surface area (Å²) in [6, 6.07) is 10.4. The molecule has 1 aromatic heterocycles. The molecular formula is C28H26ClN3O3. The molecule has 0 saturated heterocycles. The minimum atomic E-state index is -0.0202. The summed E-state index contributed by atoms with van der Waals surface area (Å²) in [5.41, 5.74) is 3.83. The number of allylic oxidation sites excluding steroid dienone is 1. The van der Waals surface area contributed by atoms with Crippen LogP contribution in [0.15, 0.2) is 59.2 Å². The van der Waals surface area contributed by atoms with E-state index in [1.165, 1.54) is 7.11 Å². The predicted octanol–water partition coefficient (Wildman–Crippen LogP) is 7.17. The maximum Gasteiger partial charge on any atom is 0.228 e. The Labute approximate surface area is 210 Å². The van der Waals surface area contributed by atoms with E-state index in [1.807, 2.05) is 12.1 Å². The molecule has 0 unspecified atom stereocenters. The number of aromatic nitrogens is 1. The Kier molecular flexibility index (Phi) is 6.90. The first-order chi connectivity index (χ1) is 16.7. The third-order valence-electron chi connectivity index (χ3n) is 5.75. The fraction of sp³-hybridized carbons (Fsp3) is 0.286. The number of methoxy groups -OCH3 is 1. The van der Waals surface area contributed by atoms with Crippen LogP contribution >= 0.6 is 11.6 Å². The number of benzene rings is 2. The van der Waals surface area contributed by atoms with Gasteiger partial charge in [-0.2, -0.15) is 0 Å². The number of nitrogens with zero attached hydrogens (tertiary/aromatic N) is 3. The summed E-state index contributed by atoms with van der Waals surface area (Å²) in [5.74, 6) is 1.63. The molecule has 0 atom stereocenters. The minimum absolute atomic E-state index is 0.0202. The van der Waals surface area contributed by atoms with E-state index in [0.717, 1.165) is 16.8 Å². The Balaban J connectivity index is 1.48. The lowest BCUT2D eigenvalue weighted by atomic mass is 9.89. The number of rotatable bonds is 7. The highest BCUT2D eigenvalue weighted by atomic mass is 35.5. The quantitative estimate of drug-likeness (QED) is 0.331. The van der Waals surface area contributed by atoms with Crippen molar-refractivity contribution in [3.63, 3.8) is 0 Å². The number of pyridine rings is 1. The van der Waals surface area contributed by atoms with Crippen molar-refractivity contribution in [1.82, 2.24) is 4.98 Å². The molecule has 1 aliphatic heterocycles. The summed E-state index contributed by atoms with van der Waals surface area (Å²) in [6.45, 7) is 14.3. The van der Waals surface area contributed by atoms with Crippen molar-refractivity contribution < 1.29 is 14.3 Å². The van der Waals surface area contributed by atoms with Gasteiger partial charge in [0, 0.05) is 40.6 Å². The Morgan fingerprint density at radius 3 is 2.60 bits per heavy atom. The molecular weight excluding hydrogens is 462 g/mol. The van der Waals surface area contributed by atoms with Crippen molar-refractivity contribution in [2.75, 3.05) is 13.7 Å². The van der Waals surface area contributed by atoms with Gasteiger partial charge in [-0.1, -0.05) is 38.4 Å². The van der Waals surface area contributed by atoms with Crippen LogP contribution in [0.25, 0.3) is 15.7 Å². The van der Waals surface area contributed by atoms with Crippen LogP contribution in [-0.4, -0.2) is 30.1 Å². The van der Waals surface area contributed by atoms with Crippen LogP contribution in [-0.2, 0) is 11.2 Å². The van der Waals surface area contributed by atoms with Crippen LogP contribution in [0.5, 0.6) is 17.2 Å². The maximum atomic E-state index is 12.7. The molecule has 0 N–H and O–H groups in total. The molecule has 0 spiro atoms. The fourth-order valence-corrected chi connectivity index (χ4v) is 4.14. The fourth-order valence-electron chi connectivity index (χ4n) is 3.90. The van der Waals surface area contributed by atoms with E-state index in [1.54, 1.807) is 36.5 Å². The highest BCUT2D eigenvalue weighted by Crippen LogP contribution is 2.37. The molecule has 0 aliphatic carbocycles. The Morgan fingerprint density at radius 2 is 1.94 bits per heavy atom. The van der Waals surface area contributed by atoms with Crippen molar-refractivity contribution in [2.24, 2.45) is 10.4 Å². The Hall–Kier alpha value is -3.69. The van der Waals surface area contributed by atoms with Crippen LogP contribution in [0.1, 0.15) is 32.8 Å². The van der Waals surface area contributed by atoms with Gasteiger partial charge in [0.05, 0.1) is 25.7 Å². The normalized spacial score (nSPS) is 13.3. The number of hydrogen-bond donors (Lipinski definition) is 0. The Morgan fingerprint density at radius 1 is 1.14 bits per heavy atom. The van der Waals surface area contributed by atoms with Crippen molar-refractivity contribution in [3.05, 3.63) is 76.2 Å². The molecule has 4 rings (SSSR count). The monoisotopic (exact) mass is 487 g/mol. The molecule has 178 valence electrons. The van der Waals surface area contributed by atoms with E-state index in [9.17, 15) is 4.79 Å². The smallest absolute Gasteiger partial charge is 0.228 e. The van der Waals surface area contributed by atoms with Crippen LogP contribution < -0.4 is 9.47 Å². The maximum absolute atomic E-state index is 12.7. The van der Waals surface area contributed by atoms with E-state index in [4.69, 9.17) is 27.6 Å². The van der Waals surface area contributed by atoms with E-state index >= 15 is 0 Å². The largest absolute Gasteiger partial charge is 0.508 e. The zero-order valence-electron chi connectivity index (χ0n) is 20.2. The molecule has 0 radical (unpaired) electrons. The summed E-state index contributed by atoms with van der Waals surface area (Å²) in [6.07, 6.45) is 4.29. The number of ether oxygens (including phenoxy) is 2. The van der Waals surface area contributed by atoms with Gasteiger partial charge in [-0.3, -0.25) is 14.8 Å². The van der Waals surface area contributed by atoms with Crippen LogP contribution in [0.3, 0.4) is 0 Å². The number of halogens is 1. The van der Waals surface area contributed by atoms with Crippen molar-refractivity contribution in [2.45, 2.75) is 33.6 Å². The highest BCUT2D eigenvalue weighted by molar-refractivity contribution is 6.31. The number of fused-ring (bicyclic) bond motifs is 1. The van der Waals surface area contributed by atoms with Gasteiger partial charge >= 0.3 is 0 Å². The number of Topliss-reactive ketones (excluding diaryl/α,β-unsaturated/α-hetero) is 1. The lowest BCUT2D eigenvalue weighted by Gasteiger charge is -2.16. The van der Waals surface area contributed by atoms with Gasteiger partial charge in [0.1, 0.15) is 23.0 Å². The number of carbonyl (C=O) groups excluding carboxylic acids is 1. The summed E-state index contributed by atoms with van der Waals surface area (Å²) in [5, 5.41) is 1.15. The first kappa shape index (κ1) is 24.4. The minimum Gasteiger partial charge on any atom is -0.508 e. The number of ketones is 1. The van der Waals surface area contributed by atoms with E-state index in [2.05, 4.69) is 35.6 Å².